The second-order valence-electron chi connectivity index (χ2n) is 9.24. The summed E-state index contributed by atoms with van der Waals surface area (Å²) in [6, 6.07) is 0. The van der Waals surface area contributed by atoms with Crippen molar-refractivity contribution in [3.8, 4) is 12.3 Å². The number of rotatable bonds is 0. The average molecular weight is 344 g/mol. The van der Waals surface area contributed by atoms with Gasteiger partial charge in [-0.25, -0.2) is 0 Å². The van der Waals surface area contributed by atoms with Crippen LogP contribution in [0, 0.1) is 40.9 Å². The molecule has 4 aliphatic rings. The van der Waals surface area contributed by atoms with Crippen LogP contribution in [0.1, 0.15) is 52.4 Å². The molecule has 0 saturated heterocycles. The van der Waals surface area contributed by atoms with Crippen molar-refractivity contribution in [3.05, 3.63) is 11.6 Å². The topological polar surface area (TPSA) is 77.8 Å². The fourth-order valence-electron chi connectivity index (χ4n) is 6.67. The molecule has 4 heteroatoms. The van der Waals surface area contributed by atoms with Gasteiger partial charge in [-0.15, -0.1) is 6.42 Å². The van der Waals surface area contributed by atoms with Gasteiger partial charge in [0, 0.05) is 11.3 Å². The van der Waals surface area contributed by atoms with Crippen LogP contribution >= 0.6 is 0 Å². The lowest BCUT2D eigenvalue weighted by atomic mass is 9.46. The zero-order valence-electron chi connectivity index (χ0n) is 15.0. The van der Waals surface area contributed by atoms with Crippen LogP contribution in [-0.4, -0.2) is 38.9 Å². The number of carbonyl (C=O) groups excluding carboxylic acids is 1. The van der Waals surface area contributed by atoms with Gasteiger partial charge in [0.2, 0.25) is 0 Å². The van der Waals surface area contributed by atoms with Gasteiger partial charge in [-0.3, -0.25) is 4.79 Å². The molecule has 4 rings (SSSR count). The summed E-state index contributed by atoms with van der Waals surface area (Å²) >= 11 is 0. The maximum Gasteiger partial charge on any atom is 0.159 e. The van der Waals surface area contributed by atoms with E-state index in [1.54, 1.807) is 6.08 Å². The summed E-state index contributed by atoms with van der Waals surface area (Å²) in [5.74, 6) is 2.46. The van der Waals surface area contributed by atoms with Gasteiger partial charge < -0.3 is 15.3 Å². The summed E-state index contributed by atoms with van der Waals surface area (Å²) in [6.07, 6.45) is 10.2. The Labute approximate surface area is 149 Å². The Hall–Kier alpha value is -1.15. The lowest BCUT2D eigenvalue weighted by Crippen LogP contribution is -2.57. The summed E-state index contributed by atoms with van der Waals surface area (Å²) in [7, 11) is 0. The minimum Gasteiger partial charge on any atom is -0.393 e. The van der Waals surface area contributed by atoms with E-state index in [4.69, 9.17) is 6.42 Å². The van der Waals surface area contributed by atoms with E-state index < -0.39 is 17.1 Å². The number of terminal acetylenes is 1. The molecule has 0 radical (unpaired) electrons. The molecular formula is C21H28O4. The van der Waals surface area contributed by atoms with Crippen molar-refractivity contribution >= 4 is 5.78 Å². The predicted molar refractivity (Wildman–Crippen MR) is 93.3 cm³/mol. The van der Waals surface area contributed by atoms with Crippen LogP contribution < -0.4 is 0 Å². The van der Waals surface area contributed by atoms with E-state index in [2.05, 4.69) is 12.8 Å². The molecular weight excluding hydrogens is 316 g/mol. The monoisotopic (exact) mass is 344 g/mol. The van der Waals surface area contributed by atoms with Gasteiger partial charge in [0.1, 0.15) is 0 Å². The summed E-state index contributed by atoms with van der Waals surface area (Å²) in [4.78, 5) is 13.1. The highest BCUT2D eigenvalue weighted by Gasteiger charge is 2.68. The maximum atomic E-state index is 13.1. The second kappa shape index (κ2) is 5.19. The highest BCUT2D eigenvalue weighted by atomic mass is 16.3. The minimum absolute atomic E-state index is 0.0685. The standard InChI is InChI=1S/C21H28O4/c1-4-21(25)17(24)11-15-18-14(6-8-20(15,21)3)19(2)7-5-13(22)9-12(19)10-16(18)23/h1,10,13-15,17-18,22,24-25H,5-9,11H2,2-3H3/t13?,14-,15+,17?,18-,19+,20+,21?/m1/s1. The first-order valence-electron chi connectivity index (χ1n) is 9.48. The summed E-state index contributed by atoms with van der Waals surface area (Å²) in [6.45, 7) is 4.18. The first-order chi connectivity index (χ1) is 11.7. The molecule has 0 amide bonds. The number of hydrogen-bond donors (Lipinski definition) is 3. The predicted octanol–water partition coefficient (Wildman–Crippen LogP) is 1.82. The SMILES string of the molecule is C#CC1(O)C(O)C[C@H]2[C@@H]3C(=O)C=C4CC(O)CC[C@]4(C)[C@@H]3CC[C@@]21C. The quantitative estimate of drug-likeness (QED) is 0.586. The van der Waals surface area contributed by atoms with Crippen molar-refractivity contribution in [2.24, 2.45) is 28.6 Å². The Bertz CT molecular complexity index is 690. The van der Waals surface area contributed by atoms with Crippen molar-refractivity contribution in [2.75, 3.05) is 0 Å². The number of aliphatic hydroxyl groups excluding tert-OH is 2. The van der Waals surface area contributed by atoms with E-state index in [1.807, 2.05) is 6.92 Å². The smallest absolute Gasteiger partial charge is 0.159 e. The number of aliphatic hydroxyl groups is 3. The summed E-state index contributed by atoms with van der Waals surface area (Å²) in [5.41, 5.74) is -1.17. The molecule has 4 aliphatic carbocycles. The Balaban J connectivity index is 1.78. The van der Waals surface area contributed by atoms with Crippen LogP contribution in [0.2, 0.25) is 0 Å². The van der Waals surface area contributed by atoms with Gasteiger partial charge in [-0.1, -0.05) is 25.3 Å². The van der Waals surface area contributed by atoms with Crippen molar-refractivity contribution in [1.82, 2.24) is 0 Å². The molecule has 0 heterocycles. The van der Waals surface area contributed by atoms with E-state index in [9.17, 15) is 20.1 Å². The lowest BCUT2D eigenvalue weighted by Gasteiger charge is -2.57. The molecule has 0 aromatic heterocycles. The van der Waals surface area contributed by atoms with Crippen LogP contribution in [0.5, 0.6) is 0 Å². The number of carbonyl (C=O) groups is 1. The van der Waals surface area contributed by atoms with E-state index >= 15 is 0 Å². The van der Waals surface area contributed by atoms with Gasteiger partial charge in [0.05, 0.1) is 12.2 Å². The third-order valence-electron chi connectivity index (χ3n) is 8.36. The van der Waals surface area contributed by atoms with Crippen LogP contribution in [0.3, 0.4) is 0 Å². The molecule has 136 valence electrons. The molecule has 25 heavy (non-hydrogen) atoms. The Morgan fingerprint density at radius 3 is 2.60 bits per heavy atom. The van der Waals surface area contributed by atoms with Crippen LogP contribution in [0.25, 0.3) is 0 Å². The molecule has 0 aliphatic heterocycles. The average Bonchev–Trinajstić information content (AvgIpc) is 2.77. The van der Waals surface area contributed by atoms with Crippen molar-refractivity contribution in [2.45, 2.75) is 70.2 Å². The van der Waals surface area contributed by atoms with Crippen LogP contribution in [0.4, 0.5) is 0 Å². The van der Waals surface area contributed by atoms with Crippen molar-refractivity contribution in [3.63, 3.8) is 0 Å². The van der Waals surface area contributed by atoms with Gasteiger partial charge in [-0.2, -0.15) is 0 Å². The zero-order valence-corrected chi connectivity index (χ0v) is 15.0. The second-order valence-corrected chi connectivity index (χ2v) is 9.24. The van der Waals surface area contributed by atoms with Gasteiger partial charge >= 0.3 is 0 Å². The van der Waals surface area contributed by atoms with Crippen molar-refractivity contribution < 1.29 is 20.1 Å². The van der Waals surface area contributed by atoms with E-state index in [0.717, 1.165) is 31.3 Å². The summed E-state index contributed by atoms with van der Waals surface area (Å²) in [5, 5.41) is 31.5. The highest BCUT2D eigenvalue weighted by Crippen LogP contribution is 2.66. The number of allylic oxidation sites excluding steroid dienone is 1. The number of hydrogen-bond acceptors (Lipinski definition) is 4. The number of ketones is 1. The molecule has 8 atom stereocenters. The third-order valence-corrected chi connectivity index (χ3v) is 8.36. The number of fused-ring (bicyclic) bond motifs is 5. The molecule has 3 N–H and O–H groups in total. The Kier molecular flexibility index (Phi) is 3.59. The van der Waals surface area contributed by atoms with Gasteiger partial charge in [-0.05, 0) is 61.9 Å². The van der Waals surface area contributed by atoms with E-state index in [-0.39, 0.29) is 35.1 Å². The van der Waals surface area contributed by atoms with Crippen molar-refractivity contribution in [1.29, 1.82) is 0 Å². The summed E-state index contributed by atoms with van der Waals surface area (Å²) < 4.78 is 0. The highest BCUT2D eigenvalue weighted by molar-refractivity contribution is 5.94. The maximum absolute atomic E-state index is 13.1. The fraction of sp³-hybridized carbons (Fsp3) is 0.762. The molecule has 0 bridgehead atoms. The molecule has 3 fully saturated rings. The molecule has 0 aromatic carbocycles. The minimum atomic E-state index is -1.56. The molecule has 4 nitrogen and oxygen atoms in total. The van der Waals surface area contributed by atoms with Gasteiger partial charge in [0.25, 0.3) is 0 Å². The molecule has 0 spiro atoms. The third kappa shape index (κ3) is 1.98. The Morgan fingerprint density at radius 1 is 1.20 bits per heavy atom. The first-order valence-corrected chi connectivity index (χ1v) is 9.48. The largest absolute Gasteiger partial charge is 0.393 e. The van der Waals surface area contributed by atoms with E-state index in [1.165, 1.54) is 0 Å². The molecule has 0 aromatic rings. The van der Waals surface area contributed by atoms with Gasteiger partial charge in [0.15, 0.2) is 11.4 Å². The Morgan fingerprint density at radius 2 is 1.92 bits per heavy atom. The van der Waals surface area contributed by atoms with Crippen LogP contribution in [0.15, 0.2) is 11.6 Å². The molecule has 3 unspecified atom stereocenters. The normalized spacial score (nSPS) is 54.8. The van der Waals surface area contributed by atoms with E-state index in [0.29, 0.717) is 12.8 Å². The van der Waals surface area contributed by atoms with Crippen LogP contribution in [-0.2, 0) is 4.79 Å². The fourth-order valence-corrected chi connectivity index (χ4v) is 6.67. The zero-order chi connectivity index (χ0) is 18.2. The molecule has 3 saturated carbocycles. The first kappa shape index (κ1) is 17.3. The lowest BCUT2D eigenvalue weighted by molar-refractivity contribution is -0.143.